The smallest absolute Gasteiger partial charge is 0.396 e. The maximum absolute atomic E-state index is 13.3. The highest BCUT2D eigenvalue weighted by molar-refractivity contribution is 6.04. The molecule has 3 N–H and O–H groups in total. The molecule has 1 saturated carbocycles. The zero-order valence-corrected chi connectivity index (χ0v) is 28.7. The Kier molecular flexibility index (Phi) is 12.0. The zero-order chi connectivity index (χ0) is 35.2. The highest BCUT2D eigenvalue weighted by Gasteiger charge is 2.31. The van der Waals surface area contributed by atoms with Gasteiger partial charge in [0, 0.05) is 64.0 Å². The van der Waals surface area contributed by atoms with Crippen LogP contribution in [-0.4, -0.2) is 95.4 Å². The van der Waals surface area contributed by atoms with E-state index in [1.807, 2.05) is 16.7 Å². The Balaban J connectivity index is 1.21. The van der Waals surface area contributed by atoms with E-state index in [2.05, 4.69) is 47.3 Å². The number of hydrogen-bond acceptors (Lipinski definition) is 7. The first-order chi connectivity index (χ1) is 23.3. The number of halogens is 3. The van der Waals surface area contributed by atoms with Gasteiger partial charge in [0.25, 0.3) is 5.91 Å². The number of aliphatic hydroxyl groups is 1. The molecule has 49 heavy (non-hydrogen) atoms. The van der Waals surface area contributed by atoms with Crippen molar-refractivity contribution in [1.29, 1.82) is 0 Å². The van der Waals surface area contributed by atoms with E-state index in [0.29, 0.717) is 24.6 Å². The summed E-state index contributed by atoms with van der Waals surface area (Å²) in [4.78, 5) is 34.7. The number of carbonyl (C=O) groups is 2. The van der Waals surface area contributed by atoms with Gasteiger partial charge in [-0.15, -0.1) is 0 Å². The molecular formula is C36H49F3N6O4. The minimum Gasteiger partial charge on any atom is -0.396 e. The van der Waals surface area contributed by atoms with E-state index in [-0.39, 0.29) is 42.1 Å². The Labute approximate surface area is 286 Å². The lowest BCUT2D eigenvalue weighted by Gasteiger charge is -2.34. The van der Waals surface area contributed by atoms with Crippen molar-refractivity contribution in [3.63, 3.8) is 0 Å². The van der Waals surface area contributed by atoms with Crippen LogP contribution in [0.5, 0.6) is 0 Å². The zero-order valence-electron chi connectivity index (χ0n) is 28.7. The Morgan fingerprint density at radius 3 is 2.37 bits per heavy atom. The van der Waals surface area contributed by atoms with Gasteiger partial charge in [-0.25, -0.2) is 4.98 Å². The molecule has 5 rings (SSSR count). The molecule has 13 heteroatoms. The number of imidazole rings is 1. The van der Waals surface area contributed by atoms with Crippen LogP contribution in [0.3, 0.4) is 0 Å². The van der Waals surface area contributed by atoms with E-state index in [1.165, 1.54) is 12.1 Å². The number of aliphatic hydroxyl groups excluding tert-OH is 1. The minimum atomic E-state index is -4.56. The number of rotatable bonds is 12. The number of nitrogens with one attached hydrogen (secondary N) is 2. The lowest BCUT2D eigenvalue weighted by atomic mass is 9.86. The standard InChI is InChI=1S/C36H49F3N6O4/c1-35(2,3)24-40-32(47)23-49-18-17-43-13-15-44(16-14-43)21-26-9-12-31-30(19-26)41-34(45(31)29-10-7-25(22-46)8-11-29)42-33(48)27-5-4-6-28(20-27)36(37,38)39/h4-6,9,12,19-20,25,29,46H,7-8,10-11,13-18,21-24H2,1-3H3,(H,40,47)(H,41,42,48). The van der Waals surface area contributed by atoms with Crippen molar-refractivity contribution < 1.29 is 32.6 Å². The van der Waals surface area contributed by atoms with Gasteiger partial charge in [0.15, 0.2) is 0 Å². The number of ether oxygens (including phenoxy) is 1. The van der Waals surface area contributed by atoms with Crippen LogP contribution in [0, 0.1) is 11.3 Å². The van der Waals surface area contributed by atoms with Crippen molar-refractivity contribution >= 4 is 28.8 Å². The van der Waals surface area contributed by atoms with Crippen molar-refractivity contribution in [3.8, 4) is 0 Å². The van der Waals surface area contributed by atoms with E-state index >= 15 is 0 Å². The summed E-state index contributed by atoms with van der Waals surface area (Å²) < 4.78 is 47.6. The Bertz CT molecular complexity index is 1570. The molecule has 0 radical (unpaired) electrons. The molecule has 2 amide bonds. The summed E-state index contributed by atoms with van der Waals surface area (Å²) in [6, 6.07) is 10.5. The molecule has 2 aliphatic rings. The summed E-state index contributed by atoms with van der Waals surface area (Å²) in [5.74, 6) is -0.206. The van der Waals surface area contributed by atoms with Gasteiger partial charge in [-0.2, -0.15) is 13.2 Å². The second kappa shape index (κ2) is 16.0. The van der Waals surface area contributed by atoms with Gasteiger partial charge in [0.2, 0.25) is 11.9 Å². The number of amides is 2. The van der Waals surface area contributed by atoms with Gasteiger partial charge in [0.1, 0.15) is 6.61 Å². The molecule has 2 fully saturated rings. The number of nitrogens with zero attached hydrogens (tertiary/aromatic N) is 4. The first-order valence-electron chi connectivity index (χ1n) is 17.2. The molecule has 0 atom stereocenters. The first-order valence-corrected chi connectivity index (χ1v) is 17.2. The van der Waals surface area contributed by atoms with E-state index in [0.717, 1.165) is 88.2 Å². The quantitative estimate of drug-likeness (QED) is 0.221. The number of hydrogen-bond donors (Lipinski definition) is 3. The Morgan fingerprint density at radius 1 is 0.980 bits per heavy atom. The predicted molar refractivity (Wildman–Crippen MR) is 182 cm³/mol. The molecule has 2 aromatic carbocycles. The summed E-state index contributed by atoms with van der Waals surface area (Å²) in [5.41, 5.74) is 1.70. The average Bonchev–Trinajstić information content (AvgIpc) is 3.42. The number of carbonyl (C=O) groups excluding carboxylic acids is 2. The maximum Gasteiger partial charge on any atom is 0.416 e. The van der Waals surface area contributed by atoms with E-state index in [9.17, 15) is 27.9 Å². The first kappa shape index (κ1) is 36.8. The molecule has 1 aliphatic heterocycles. The van der Waals surface area contributed by atoms with Gasteiger partial charge in [-0.05, 0) is 72.9 Å². The maximum atomic E-state index is 13.3. The number of anilines is 1. The van der Waals surface area contributed by atoms with Gasteiger partial charge < -0.3 is 19.7 Å². The summed E-state index contributed by atoms with van der Waals surface area (Å²) in [7, 11) is 0. The van der Waals surface area contributed by atoms with Crippen LogP contribution in [0.4, 0.5) is 19.1 Å². The fourth-order valence-corrected chi connectivity index (χ4v) is 6.50. The molecule has 3 aromatic rings. The van der Waals surface area contributed by atoms with Crippen molar-refractivity contribution in [2.24, 2.45) is 11.3 Å². The number of benzene rings is 2. The van der Waals surface area contributed by atoms with Gasteiger partial charge >= 0.3 is 6.18 Å². The molecule has 0 spiro atoms. The highest BCUT2D eigenvalue weighted by atomic mass is 19.4. The Morgan fingerprint density at radius 2 is 1.69 bits per heavy atom. The largest absolute Gasteiger partial charge is 0.416 e. The summed E-state index contributed by atoms with van der Waals surface area (Å²) in [5, 5.41) is 15.4. The normalized spacial score (nSPS) is 19.7. The van der Waals surface area contributed by atoms with Crippen molar-refractivity contribution in [2.75, 3.05) is 64.4 Å². The topological polar surface area (TPSA) is 112 Å². The highest BCUT2D eigenvalue weighted by Crippen LogP contribution is 2.37. The molecule has 10 nitrogen and oxygen atoms in total. The van der Waals surface area contributed by atoms with E-state index < -0.39 is 17.6 Å². The molecule has 1 aliphatic carbocycles. The van der Waals surface area contributed by atoms with Crippen molar-refractivity contribution in [3.05, 3.63) is 59.2 Å². The third-order valence-corrected chi connectivity index (χ3v) is 9.34. The molecular weight excluding hydrogens is 637 g/mol. The SMILES string of the molecule is CC(C)(C)CNC(=O)COCCN1CCN(Cc2ccc3c(c2)nc(NC(=O)c2cccc(C(F)(F)F)c2)n3C2CCC(CO)CC2)CC1. The van der Waals surface area contributed by atoms with E-state index in [1.54, 1.807) is 0 Å². The second-order valence-corrected chi connectivity index (χ2v) is 14.5. The van der Waals surface area contributed by atoms with Gasteiger partial charge in [0.05, 0.1) is 23.2 Å². The molecule has 1 aromatic heterocycles. The predicted octanol–water partition coefficient (Wildman–Crippen LogP) is 5.33. The summed E-state index contributed by atoms with van der Waals surface area (Å²) in [6.07, 6.45) is -1.29. The summed E-state index contributed by atoms with van der Waals surface area (Å²) in [6.45, 7) is 12.5. The third-order valence-electron chi connectivity index (χ3n) is 9.34. The molecule has 0 unspecified atom stereocenters. The number of alkyl halides is 3. The number of fused-ring (bicyclic) bond motifs is 1. The van der Waals surface area contributed by atoms with Crippen LogP contribution < -0.4 is 10.6 Å². The van der Waals surface area contributed by atoms with Crippen LogP contribution in [-0.2, 0) is 22.3 Å². The fraction of sp³-hybridized carbons (Fsp3) is 0.583. The minimum absolute atomic E-state index is 0.0300. The number of piperazine rings is 1. The lowest BCUT2D eigenvalue weighted by Crippen LogP contribution is -2.47. The molecule has 2 heterocycles. The lowest BCUT2D eigenvalue weighted by molar-refractivity contribution is -0.137. The molecule has 268 valence electrons. The average molecular weight is 687 g/mol. The second-order valence-electron chi connectivity index (χ2n) is 14.5. The third kappa shape index (κ3) is 10.3. The van der Waals surface area contributed by atoms with Crippen LogP contribution >= 0.6 is 0 Å². The van der Waals surface area contributed by atoms with Crippen LogP contribution in [0.1, 0.15) is 74.0 Å². The van der Waals surface area contributed by atoms with Crippen molar-refractivity contribution in [2.45, 2.75) is 65.2 Å². The molecule has 0 bridgehead atoms. The van der Waals surface area contributed by atoms with E-state index in [4.69, 9.17) is 9.72 Å². The van der Waals surface area contributed by atoms with Gasteiger partial charge in [-0.1, -0.05) is 32.9 Å². The monoisotopic (exact) mass is 686 g/mol. The Hall–Kier alpha value is -3.52. The van der Waals surface area contributed by atoms with Crippen LogP contribution in [0.2, 0.25) is 0 Å². The fourth-order valence-electron chi connectivity index (χ4n) is 6.50. The van der Waals surface area contributed by atoms with Crippen LogP contribution in [0.25, 0.3) is 11.0 Å². The van der Waals surface area contributed by atoms with Crippen LogP contribution in [0.15, 0.2) is 42.5 Å². The molecule has 1 saturated heterocycles. The van der Waals surface area contributed by atoms with Crippen molar-refractivity contribution in [1.82, 2.24) is 24.7 Å². The number of aromatic nitrogens is 2. The summed E-state index contributed by atoms with van der Waals surface area (Å²) >= 11 is 0. The van der Waals surface area contributed by atoms with Gasteiger partial charge in [-0.3, -0.25) is 24.7 Å².